The number of esters is 1. The minimum absolute atomic E-state index is 0.260. The minimum atomic E-state index is -0.432. The lowest BCUT2D eigenvalue weighted by atomic mass is 10.1. The highest BCUT2D eigenvalue weighted by Crippen LogP contribution is 2.19. The van der Waals surface area contributed by atoms with Crippen molar-refractivity contribution < 1.29 is 14.3 Å². The van der Waals surface area contributed by atoms with Crippen LogP contribution in [0.3, 0.4) is 0 Å². The Labute approximate surface area is 104 Å². The van der Waals surface area contributed by atoms with E-state index in [1.807, 2.05) is 32.0 Å². The Morgan fingerprint density at radius 1 is 1.44 bits per heavy atom. The summed E-state index contributed by atoms with van der Waals surface area (Å²) in [6.45, 7) is 4.26. The molecule has 0 radical (unpaired) electrons. The maximum Gasteiger partial charge on any atom is 0.322 e. The molecular weight excluding hydrogens is 272 g/mol. The molecule has 0 aliphatic heterocycles. The van der Waals surface area contributed by atoms with Crippen LogP contribution in [0.5, 0.6) is 5.75 Å². The lowest BCUT2D eigenvalue weighted by Gasteiger charge is -2.12. The van der Waals surface area contributed by atoms with Gasteiger partial charge in [-0.2, -0.15) is 0 Å². The first-order valence-electron chi connectivity index (χ1n) is 4.96. The number of alkyl halides is 1. The summed E-state index contributed by atoms with van der Waals surface area (Å²) in [6, 6.07) is 5.92. The van der Waals surface area contributed by atoms with Crippen molar-refractivity contribution in [2.75, 3.05) is 13.7 Å². The van der Waals surface area contributed by atoms with Crippen LogP contribution < -0.4 is 4.74 Å². The minimum Gasteiger partial charge on any atom is -0.492 e. The third kappa shape index (κ3) is 3.52. The first kappa shape index (κ1) is 13.0. The van der Waals surface area contributed by atoms with Crippen LogP contribution in [0, 0.1) is 13.8 Å². The van der Waals surface area contributed by atoms with Crippen molar-refractivity contribution in [3.63, 3.8) is 0 Å². The zero-order chi connectivity index (χ0) is 12.1. The molecule has 1 aromatic rings. The zero-order valence-electron chi connectivity index (χ0n) is 9.62. The number of rotatable bonds is 4. The van der Waals surface area contributed by atoms with Gasteiger partial charge in [-0.25, -0.2) is 0 Å². The highest BCUT2D eigenvalue weighted by molar-refractivity contribution is 9.10. The van der Waals surface area contributed by atoms with Crippen molar-refractivity contribution in [1.29, 1.82) is 0 Å². The Kier molecular flexibility index (Phi) is 4.80. The number of methoxy groups -OCH3 is 1. The fraction of sp³-hybridized carbons (Fsp3) is 0.417. The molecule has 1 atom stereocenters. The van der Waals surface area contributed by atoms with Gasteiger partial charge in [0.2, 0.25) is 0 Å². The average molecular weight is 287 g/mol. The third-order valence-electron chi connectivity index (χ3n) is 2.17. The van der Waals surface area contributed by atoms with Crippen LogP contribution in [0.1, 0.15) is 11.1 Å². The fourth-order valence-electron chi connectivity index (χ4n) is 1.32. The topological polar surface area (TPSA) is 35.5 Å². The number of halogens is 1. The van der Waals surface area contributed by atoms with E-state index in [0.29, 0.717) is 0 Å². The Balaban J connectivity index is 2.58. The average Bonchev–Trinajstić information content (AvgIpc) is 2.26. The zero-order valence-corrected chi connectivity index (χ0v) is 11.2. The predicted octanol–water partition coefficient (Wildman–Crippen LogP) is 2.62. The van der Waals surface area contributed by atoms with Crippen molar-refractivity contribution >= 4 is 21.9 Å². The van der Waals surface area contributed by atoms with Crippen LogP contribution in [0.2, 0.25) is 0 Å². The van der Waals surface area contributed by atoms with Gasteiger partial charge in [0.1, 0.15) is 17.2 Å². The van der Waals surface area contributed by atoms with Crippen LogP contribution in [0.25, 0.3) is 0 Å². The quantitative estimate of drug-likeness (QED) is 0.631. The summed E-state index contributed by atoms with van der Waals surface area (Å²) in [5, 5.41) is 0. The molecule has 1 rings (SSSR count). The fourth-order valence-corrected chi connectivity index (χ4v) is 1.64. The first-order valence-corrected chi connectivity index (χ1v) is 5.88. The molecule has 1 aromatic carbocycles. The third-order valence-corrected chi connectivity index (χ3v) is 2.81. The number of hydrogen-bond acceptors (Lipinski definition) is 3. The monoisotopic (exact) mass is 286 g/mol. The lowest BCUT2D eigenvalue weighted by Crippen LogP contribution is -2.23. The van der Waals surface area contributed by atoms with Gasteiger partial charge in [0.15, 0.2) is 0 Å². The number of carbonyl (C=O) groups excluding carboxylic acids is 1. The van der Waals surface area contributed by atoms with Gasteiger partial charge in [-0.3, -0.25) is 4.79 Å². The van der Waals surface area contributed by atoms with E-state index in [1.54, 1.807) is 0 Å². The molecule has 0 bridgehead atoms. The molecule has 0 N–H and O–H groups in total. The molecule has 0 saturated heterocycles. The second-order valence-electron chi connectivity index (χ2n) is 3.57. The molecule has 3 nitrogen and oxygen atoms in total. The van der Waals surface area contributed by atoms with Gasteiger partial charge in [0.05, 0.1) is 7.11 Å². The molecule has 0 amide bonds. The molecule has 4 heteroatoms. The van der Waals surface area contributed by atoms with Crippen molar-refractivity contribution in [3.05, 3.63) is 29.3 Å². The second kappa shape index (κ2) is 5.89. The van der Waals surface area contributed by atoms with Gasteiger partial charge in [0.25, 0.3) is 0 Å². The highest BCUT2D eigenvalue weighted by atomic mass is 79.9. The Morgan fingerprint density at radius 2 is 2.12 bits per heavy atom. The molecule has 0 fully saturated rings. The maximum absolute atomic E-state index is 11.1. The number of ether oxygens (including phenoxy) is 2. The van der Waals surface area contributed by atoms with Gasteiger partial charge in [-0.15, -0.1) is 0 Å². The van der Waals surface area contributed by atoms with E-state index in [-0.39, 0.29) is 12.6 Å². The molecule has 16 heavy (non-hydrogen) atoms. The van der Waals surface area contributed by atoms with E-state index in [9.17, 15) is 4.79 Å². The molecule has 0 aliphatic carbocycles. The van der Waals surface area contributed by atoms with E-state index in [4.69, 9.17) is 4.74 Å². The van der Waals surface area contributed by atoms with Crippen LogP contribution in [0.15, 0.2) is 18.2 Å². The van der Waals surface area contributed by atoms with Crippen molar-refractivity contribution in [1.82, 2.24) is 0 Å². The molecule has 0 aliphatic rings. The van der Waals surface area contributed by atoms with E-state index in [2.05, 4.69) is 20.7 Å². The standard InChI is InChI=1S/C12H15BrO3/c1-8-4-5-11(9(2)6-8)16-7-10(13)12(14)15-3/h4-6,10H,7H2,1-3H3. The van der Waals surface area contributed by atoms with Gasteiger partial charge < -0.3 is 9.47 Å². The van der Waals surface area contributed by atoms with E-state index >= 15 is 0 Å². The largest absolute Gasteiger partial charge is 0.492 e. The van der Waals surface area contributed by atoms with E-state index in [1.165, 1.54) is 12.7 Å². The number of hydrogen-bond donors (Lipinski definition) is 0. The molecule has 88 valence electrons. The van der Waals surface area contributed by atoms with Crippen LogP contribution >= 0.6 is 15.9 Å². The summed E-state index contributed by atoms with van der Waals surface area (Å²) in [6.07, 6.45) is 0. The Hall–Kier alpha value is -1.03. The first-order chi connectivity index (χ1) is 7.54. The van der Waals surface area contributed by atoms with Gasteiger partial charge >= 0.3 is 5.97 Å². The highest BCUT2D eigenvalue weighted by Gasteiger charge is 2.16. The van der Waals surface area contributed by atoms with Gasteiger partial charge in [-0.1, -0.05) is 33.6 Å². The summed E-state index contributed by atoms with van der Waals surface area (Å²) < 4.78 is 10.1. The van der Waals surface area contributed by atoms with Crippen molar-refractivity contribution in [2.24, 2.45) is 0 Å². The van der Waals surface area contributed by atoms with E-state index < -0.39 is 4.83 Å². The number of aryl methyl sites for hydroxylation is 2. The second-order valence-corrected chi connectivity index (χ2v) is 4.68. The van der Waals surface area contributed by atoms with Crippen LogP contribution in [-0.2, 0) is 9.53 Å². The summed E-state index contributed by atoms with van der Waals surface area (Å²) in [7, 11) is 1.35. The van der Waals surface area contributed by atoms with Crippen LogP contribution in [0.4, 0.5) is 0 Å². The SMILES string of the molecule is COC(=O)C(Br)COc1ccc(C)cc1C. The Bertz CT molecular complexity index is 377. The predicted molar refractivity (Wildman–Crippen MR) is 66.1 cm³/mol. The van der Waals surface area contributed by atoms with Gasteiger partial charge in [0, 0.05) is 0 Å². The molecule has 1 unspecified atom stereocenters. The smallest absolute Gasteiger partial charge is 0.322 e. The van der Waals surface area contributed by atoms with Crippen molar-refractivity contribution in [2.45, 2.75) is 18.7 Å². The summed E-state index contributed by atoms with van der Waals surface area (Å²) in [5.74, 6) is 0.462. The normalized spacial score (nSPS) is 12.0. The number of carbonyl (C=O) groups is 1. The molecule has 0 spiro atoms. The molecule has 0 saturated carbocycles. The van der Waals surface area contributed by atoms with Crippen molar-refractivity contribution in [3.8, 4) is 5.75 Å². The number of benzene rings is 1. The summed E-state index contributed by atoms with van der Waals surface area (Å²) in [4.78, 5) is 10.7. The molecule has 0 aromatic heterocycles. The maximum atomic E-state index is 11.1. The van der Waals surface area contributed by atoms with Gasteiger partial charge in [-0.05, 0) is 25.5 Å². The van der Waals surface area contributed by atoms with E-state index in [0.717, 1.165) is 11.3 Å². The lowest BCUT2D eigenvalue weighted by molar-refractivity contribution is -0.140. The Morgan fingerprint density at radius 3 is 2.69 bits per heavy atom. The summed E-state index contributed by atoms with van der Waals surface area (Å²) in [5.41, 5.74) is 2.25. The van der Waals surface area contributed by atoms with Crippen LogP contribution in [-0.4, -0.2) is 24.5 Å². The molecular formula is C12H15BrO3. The summed E-state index contributed by atoms with van der Waals surface area (Å²) >= 11 is 3.20. The molecule has 0 heterocycles.